The number of benzene rings is 2. The Bertz CT molecular complexity index is 882. The van der Waals surface area contributed by atoms with Gasteiger partial charge in [0.1, 0.15) is 5.01 Å². The molecule has 0 aliphatic carbocycles. The topological polar surface area (TPSA) is 47.0 Å². The Morgan fingerprint density at radius 2 is 1.70 bits per heavy atom. The highest BCUT2D eigenvalue weighted by Gasteiger charge is 2.17. The predicted molar refractivity (Wildman–Crippen MR) is 94.3 cm³/mol. The second kappa shape index (κ2) is 6.64. The lowest BCUT2D eigenvalue weighted by Crippen LogP contribution is -2.05. The van der Waals surface area contributed by atoms with Crippen molar-refractivity contribution in [3.8, 4) is 10.6 Å². The molecule has 0 amide bonds. The third kappa shape index (κ3) is 3.68. The fraction of sp³-hybridized carbons (Fsp3) is 0.167. The first-order chi connectivity index (χ1) is 11.1. The number of hydrogen-bond acceptors (Lipinski definition) is 4. The fourth-order valence-electron chi connectivity index (χ4n) is 2.29. The summed E-state index contributed by atoms with van der Waals surface area (Å²) in [6, 6.07) is 16.7. The molecule has 0 aliphatic heterocycles. The van der Waals surface area contributed by atoms with E-state index in [1.165, 1.54) is 16.9 Å². The highest BCUT2D eigenvalue weighted by molar-refractivity contribution is 7.90. The van der Waals surface area contributed by atoms with Gasteiger partial charge in [-0.1, -0.05) is 49.4 Å². The Hall–Kier alpha value is -1.98. The van der Waals surface area contributed by atoms with Crippen LogP contribution in [0.3, 0.4) is 0 Å². The summed E-state index contributed by atoms with van der Waals surface area (Å²) >= 11 is 1.48. The van der Waals surface area contributed by atoms with Crippen LogP contribution >= 0.6 is 11.3 Å². The van der Waals surface area contributed by atoms with Crippen molar-refractivity contribution in [1.29, 1.82) is 0 Å². The first kappa shape index (κ1) is 15.9. The Balaban J connectivity index is 1.82. The summed E-state index contributed by atoms with van der Waals surface area (Å²) in [5.41, 5.74) is 2.89. The molecule has 3 nitrogen and oxygen atoms in total. The molecule has 0 saturated carbocycles. The van der Waals surface area contributed by atoms with Gasteiger partial charge in [-0.2, -0.15) is 0 Å². The highest BCUT2D eigenvalue weighted by atomic mass is 32.2. The van der Waals surface area contributed by atoms with Gasteiger partial charge < -0.3 is 0 Å². The molecule has 0 unspecified atom stereocenters. The summed E-state index contributed by atoms with van der Waals surface area (Å²) in [6.45, 7) is 2.12. The van der Waals surface area contributed by atoms with E-state index in [4.69, 9.17) is 0 Å². The molecule has 5 heteroatoms. The Morgan fingerprint density at radius 3 is 2.35 bits per heavy atom. The predicted octanol–water partition coefficient (Wildman–Crippen LogP) is 4.35. The van der Waals surface area contributed by atoms with E-state index in [2.05, 4.69) is 24.0 Å². The van der Waals surface area contributed by atoms with Crippen molar-refractivity contribution in [1.82, 2.24) is 4.98 Å². The molecular weight excluding hydrogens is 326 g/mol. The SMILES string of the molecule is CCc1ccc(-c2nc(CS(=O)(=O)c3ccccc3)cs2)cc1. The van der Waals surface area contributed by atoms with Crippen molar-refractivity contribution >= 4 is 21.2 Å². The van der Waals surface area contributed by atoms with E-state index in [-0.39, 0.29) is 5.75 Å². The third-order valence-electron chi connectivity index (χ3n) is 3.60. The molecule has 0 spiro atoms. The van der Waals surface area contributed by atoms with Gasteiger partial charge in [0.25, 0.3) is 0 Å². The normalized spacial score (nSPS) is 11.5. The van der Waals surface area contributed by atoms with Crippen molar-refractivity contribution in [2.75, 3.05) is 0 Å². The molecule has 0 atom stereocenters. The van der Waals surface area contributed by atoms with Crippen LogP contribution in [0.1, 0.15) is 18.2 Å². The van der Waals surface area contributed by atoms with Gasteiger partial charge >= 0.3 is 0 Å². The Morgan fingerprint density at radius 1 is 1.00 bits per heavy atom. The molecule has 0 aliphatic rings. The third-order valence-corrected chi connectivity index (χ3v) is 6.21. The number of nitrogens with zero attached hydrogens (tertiary/aromatic N) is 1. The number of sulfone groups is 1. The van der Waals surface area contributed by atoms with Gasteiger partial charge in [0.15, 0.2) is 9.84 Å². The first-order valence-corrected chi connectivity index (χ1v) is 9.93. The molecule has 0 bridgehead atoms. The zero-order chi connectivity index (χ0) is 16.3. The standard InChI is InChI=1S/C18H17NO2S2/c1-2-14-8-10-15(11-9-14)18-19-16(12-22-18)13-23(20,21)17-6-4-3-5-7-17/h3-12H,2,13H2,1H3. The van der Waals surface area contributed by atoms with Gasteiger partial charge in [-0.25, -0.2) is 13.4 Å². The maximum atomic E-state index is 12.4. The summed E-state index contributed by atoms with van der Waals surface area (Å²) in [7, 11) is -3.35. The average Bonchev–Trinajstić information content (AvgIpc) is 3.03. The van der Waals surface area contributed by atoms with Gasteiger partial charge in [0.05, 0.1) is 16.3 Å². The van der Waals surface area contributed by atoms with Crippen LogP contribution < -0.4 is 0 Å². The monoisotopic (exact) mass is 343 g/mol. The first-order valence-electron chi connectivity index (χ1n) is 7.40. The van der Waals surface area contributed by atoms with E-state index >= 15 is 0 Å². The van der Waals surface area contributed by atoms with Crippen molar-refractivity contribution in [3.63, 3.8) is 0 Å². The van der Waals surface area contributed by atoms with Crippen LogP contribution in [0.4, 0.5) is 0 Å². The number of aryl methyl sites for hydroxylation is 1. The molecular formula is C18H17NO2S2. The minimum atomic E-state index is -3.35. The number of thiazole rings is 1. The van der Waals surface area contributed by atoms with E-state index in [0.717, 1.165) is 17.0 Å². The zero-order valence-corrected chi connectivity index (χ0v) is 14.4. The Labute approximate surface area is 140 Å². The van der Waals surface area contributed by atoms with E-state index in [0.29, 0.717) is 10.6 Å². The maximum absolute atomic E-state index is 12.4. The number of hydrogen-bond donors (Lipinski definition) is 0. The molecule has 23 heavy (non-hydrogen) atoms. The molecule has 0 fully saturated rings. The number of aromatic nitrogens is 1. The molecule has 3 rings (SSSR count). The minimum absolute atomic E-state index is 0.0689. The van der Waals surface area contributed by atoms with Crippen molar-refractivity contribution in [3.05, 3.63) is 71.2 Å². The molecule has 3 aromatic rings. The van der Waals surface area contributed by atoms with E-state index in [1.54, 1.807) is 30.3 Å². The molecule has 0 saturated heterocycles. The molecule has 1 heterocycles. The summed E-state index contributed by atoms with van der Waals surface area (Å²) in [4.78, 5) is 4.82. The molecule has 1 aromatic heterocycles. The summed E-state index contributed by atoms with van der Waals surface area (Å²) in [5.74, 6) is -0.0689. The van der Waals surface area contributed by atoms with Crippen LogP contribution in [-0.4, -0.2) is 13.4 Å². The average molecular weight is 343 g/mol. The summed E-state index contributed by atoms with van der Waals surface area (Å²) < 4.78 is 24.8. The van der Waals surface area contributed by atoms with Crippen molar-refractivity contribution in [2.24, 2.45) is 0 Å². The quantitative estimate of drug-likeness (QED) is 0.692. The van der Waals surface area contributed by atoms with E-state index in [1.807, 2.05) is 17.5 Å². The van der Waals surface area contributed by atoms with Crippen LogP contribution in [0.15, 0.2) is 64.9 Å². The van der Waals surface area contributed by atoms with Crippen LogP contribution in [0.25, 0.3) is 10.6 Å². The van der Waals surface area contributed by atoms with Crippen LogP contribution in [0.5, 0.6) is 0 Å². The van der Waals surface area contributed by atoms with E-state index < -0.39 is 9.84 Å². The lowest BCUT2D eigenvalue weighted by Gasteiger charge is -2.02. The second-order valence-electron chi connectivity index (χ2n) is 5.27. The summed E-state index contributed by atoms with van der Waals surface area (Å²) in [5, 5.41) is 2.68. The Kier molecular flexibility index (Phi) is 4.59. The van der Waals surface area contributed by atoms with Crippen LogP contribution in [-0.2, 0) is 22.0 Å². The lowest BCUT2D eigenvalue weighted by molar-refractivity contribution is 0.595. The van der Waals surface area contributed by atoms with Crippen molar-refractivity contribution in [2.45, 2.75) is 24.0 Å². The molecule has 0 radical (unpaired) electrons. The van der Waals surface area contributed by atoms with E-state index in [9.17, 15) is 8.42 Å². The number of rotatable bonds is 5. The second-order valence-corrected chi connectivity index (χ2v) is 8.11. The van der Waals surface area contributed by atoms with Gasteiger partial charge in [0.2, 0.25) is 0 Å². The summed E-state index contributed by atoms with van der Waals surface area (Å²) in [6.07, 6.45) is 0.999. The van der Waals surface area contributed by atoms with Gasteiger partial charge in [-0.05, 0) is 24.1 Å². The zero-order valence-electron chi connectivity index (χ0n) is 12.8. The lowest BCUT2D eigenvalue weighted by atomic mass is 10.1. The van der Waals surface area contributed by atoms with Gasteiger partial charge in [-0.3, -0.25) is 0 Å². The van der Waals surface area contributed by atoms with Gasteiger partial charge in [-0.15, -0.1) is 11.3 Å². The van der Waals surface area contributed by atoms with Crippen LogP contribution in [0.2, 0.25) is 0 Å². The fourth-order valence-corrected chi connectivity index (χ4v) is 4.50. The molecule has 0 N–H and O–H groups in total. The van der Waals surface area contributed by atoms with Crippen molar-refractivity contribution < 1.29 is 8.42 Å². The maximum Gasteiger partial charge on any atom is 0.184 e. The molecule has 2 aromatic carbocycles. The minimum Gasteiger partial charge on any atom is -0.240 e. The van der Waals surface area contributed by atoms with Gasteiger partial charge in [0, 0.05) is 10.9 Å². The highest BCUT2D eigenvalue weighted by Crippen LogP contribution is 2.26. The smallest absolute Gasteiger partial charge is 0.184 e. The molecule has 118 valence electrons. The largest absolute Gasteiger partial charge is 0.240 e. The van der Waals surface area contributed by atoms with Crippen LogP contribution in [0, 0.1) is 0 Å².